The van der Waals surface area contributed by atoms with E-state index in [0.717, 1.165) is 12.0 Å². The molecule has 0 saturated heterocycles. The van der Waals surface area contributed by atoms with Crippen LogP contribution in [-0.2, 0) is 11.2 Å². The summed E-state index contributed by atoms with van der Waals surface area (Å²) in [4.78, 5) is 3.97. The summed E-state index contributed by atoms with van der Waals surface area (Å²) in [7, 11) is 1.93. The van der Waals surface area contributed by atoms with Crippen molar-refractivity contribution < 1.29 is 4.74 Å². The largest absolute Gasteiger partial charge is 0.377 e. The van der Waals surface area contributed by atoms with Crippen LogP contribution in [-0.4, -0.2) is 30.8 Å². The molecule has 0 spiro atoms. The molecule has 0 fully saturated rings. The average molecular weight is 243 g/mol. The van der Waals surface area contributed by atoms with Crippen LogP contribution in [0.15, 0.2) is 18.5 Å². The number of hydrogen-bond acceptors (Lipinski definition) is 3. The third kappa shape index (κ3) is 4.47. The summed E-state index contributed by atoms with van der Waals surface area (Å²) in [5, 5.41) is 3.94. The second-order valence-electron chi connectivity index (χ2n) is 4.04. The second-order valence-corrected chi connectivity index (χ2v) is 4.45. The van der Waals surface area contributed by atoms with E-state index in [-0.39, 0.29) is 12.1 Å². The highest BCUT2D eigenvalue weighted by Gasteiger charge is 2.10. The number of nitrogens with zero attached hydrogens (tertiary/aromatic N) is 1. The summed E-state index contributed by atoms with van der Waals surface area (Å²) in [5.41, 5.74) is 1.10. The van der Waals surface area contributed by atoms with E-state index in [0.29, 0.717) is 11.6 Å². The van der Waals surface area contributed by atoms with E-state index in [2.05, 4.69) is 10.3 Å². The minimum atomic E-state index is 0.253. The highest BCUT2D eigenvalue weighted by atomic mass is 35.5. The normalized spacial score (nSPS) is 13.1. The standard InChI is InChI=1S/C12H19ClN2O/c1-9(2)16-8-11(14-3)6-10-4-5-15-7-12(10)13/h4-5,7,9,11,14H,6,8H2,1-3H3. The Balaban J connectivity index is 2.53. The van der Waals surface area contributed by atoms with E-state index in [1.54, 1.807) is 12.4 Å². The molecule has 0 aliphatic rings. The fourth-order valence-electron chi connectivity index (χ4n) is 1.39. The zero-order chi connectivity index (χ0) is 12.0. The van der Waals surface area contributed by atoms with Gasteiger partial charge in [-0.2, -0.15) is 0 Å². The van der Waals surface area contributed by atoms with Gasteiger partial charge in [0, 0.05) is 18.4 Å². The van der Waals surface area contributed by atoms with E-state index >= 15 is 0 Å². The molecule has 0 aromatic carbocycles. The quantitative estimate of drug-likeness (QED) is 0.831. The average Bonchev–Trinajstić information content (AvgIpc) is 2.26. The highest BCUT2D eigenvalue weighted by Crippen LogP contribution is 2.15. The minimum Gasteiger partial charge on any atom is -0.377 e. The first-order valence-corrected chi connectivity index (χ1v) is 5.88. The molecule has 0 saturated carbocycles. The third-order valence-electron chi connectivity index (χ3n) is 2.36. The van der Waals surface area contributed by atoms with Crippen molar-refractivity contribution >= 4 is 11.6 Å². The van der Waals surface area contributed by atoms with Gasteiger partial charge in [-0.15, -0.1) is 0 Å². The van der Waals surface area contributed by atoms with E-state index < -0.39 is 0 Å². The van der Waals surface area contributed by atoms with Gasteiger partial charge in [-0.05, 0) is 38.9 Å². The van der Waals surface area contributed by atoms with Gasteiger partial charge in [0.2, 0.25) is 0 Å². The van der Waals surface area contributed by atoms with Crippen LogP contribution in [0.2, 0.25) is 5.02 Å². The maximum Gasteiger partial charge on any atom is 0.0626 e. The number of pyridine rings is 1. The molecule has 1 rings (SSSR count). The zero-order valence-electron chi connectivity index (χ0n) is 10.0. The Morgan fingerprint density at radius 1 is 1.50 bits per heavy atom. The van der Waals surface area contributed by atoms with Gasteiger partial charge in [-0.1, -0.05) is 11.6 Å². The number of ether oxygens (including phenoxy) is 1. The molecule has 0 radical (unpaired) electrons. The lowest BCUT2D eigenvalue weighted by Crippen LogP contribution is -2.33. The first-order chi connectivity index (χ1) is 7.63. The topological polar surface area (TPSA) is 34.1 Å². The van der Waals surface area contributed by atoms with Crippen molar-refractivity contribution in [1.29, 1.82) is 0 Å². The Morgan fingerprint density at radius 2 is 2.25 bits per heavy atom. The summed E-state index contributed by atoms with van der Waals surface area (Å²) < 4.78 is 5.59. The van der Waals surface area contributed by atoms with Crippen LogP contribution in [0.5, 0.6) is 0 Å². The number of nitrogens with one attached hydrogen (secondary N) is 1. The molecule has 0 amide bonds. The van der Waals surface area contributed by atoms with E-state index in [4.69, 9.17) is 16.3 Å². The van der Waals surface area contributed by atoms with Crippen LogP contribution in [0.3, 0.4) is 0 Å². The molecule has 1 atom stereocenters. The van der Waals surface area contributed by atoms with Gasteiger partial charge in [0.15, 0.2) is 0 Å². The second kappa shape index (κ2) is 6.84. The summed E-state index contributed by atoms with van der Waals surface area (Å²) >= 11 is 6.06. The van der Waals surface area contributed by atoms with Gasteiger partial charge >= 0.3 is 0 Å². The number of rotatable bonds is 6. The van der Waals surface area contributed by atoms with Crippen LogP contribution in [0.4, 0.5) is 0 Å². The zero-order valence-corrected chi connectivity index (χ0v) is 10.8. The Labute approximate surface area is 102 Å². The maximum absolute atomic E-state index is 6.06. The molecule has 3 nitrogen and oxygen atoms in total. The van der Waals surface area contributed by atoms with E-state index in [9.17, 15) is 0 Å². The van der Waals surface area contributed by atoms with Crippen LogP contribution >= 0.6 is 11.6 Å². The van der Waals surface area contributed by atoms with E-state index in [1.165, 1.54) is 0 Å². The molecule has 1 N–H and O–H groups in total. The van der Waals surface area contributed by atoms with Gasteiger partial charge < -0.3 is 10.1 Å². The number of halogens is 1. The van der Waals surface area contributed by atoms with Gasteiger partial charge in [-0.3, -0.25) is 4.98 Å². The summed E-state index contributed by atoms with van der Waals surface area (Å²) in [6, 6.07) is 2.23. The Kier molecular flexibility index (Phi) is 5.74. The first kappa shape index (κ1) is 13.4. The molecule has 16 heavy (non-hydrogen) atoms. The van der Waals surface area contributed by atoms with Gasteiger partial charge in [0.25, 0.3) is 0 Å². The summed E-state index contributed by atoms with van der Waals surface area (Å²) in [6.07, 6.45) is 4.54. The predicted octanol–water partition coefficient (Wildman–Crippen LogP) is 2.29. The number of likely N-dealkylation sites (N-methyl/N-ethyl adjacent to an activating group) is 1. The fourth-order valence-corrected chi connectivity index (χ4v) is 1.58. The molecular weight excluding hydrogens is 224 g/mol. The van der Waals surface area contributed by atoms with Crippen molar-refractivity contribution in [3.8, 4) is 0 Å². The van der Waals surface area contributed by atoms with Crippen molar-refractivity contribution in [1.82, 2.24) is 10.3 Å². The molecule has 0 aliphatic heterocycles. The maximum atomic E-state index is 6.06. The first-order valence-electron chi connectivity index (χ1n) is 5.50. The van der Waals surface area contributed by atoms with Crippen LogP contribution in [0.1, 0.15) is 19.4 Å². The lowest BCUT2D eigenvalue weighted by Gasteiger charge is -2.18. The lowest BCUT2D eigenvalue weighted by molar-refractivity contribution is 0.0628. The number of hydrogen-bond donors (Lipinski definition) is 1. The van der Waals surface area contributed by atoms with Crippen LogP contribution < -0.4 is 5.32 Å². The minimum absolute atomic E-state index is 0.253. The van der Waals surface area contributed by atoms with Crippen molar-refractivity contribution in [2.24, 2.45) is 0 Å². The molecule has 4 heteroatoms. The Morgan fingerprint density at radius 3 is 2.81 bits per heavy atom. The number of aromatic nitrogens is 1. The molecule has 1 aromatic heterocycles. The van der Waals surface area contributed by atoms with Gasteiger partial charge in [0.1, 0.15) is 0 Å². The highest BCUT2D eigenvalue weighted by molar-refractivity contribution is 6.31. The molecule has 0 aliphatic carbocycles. The molecular formula is C12H19ClN2O. The molecule has 1 heterocycles. The van der Waals surface area contributed by atoms with Crippen LogP contribution in [0.25, 0.3) is 0 Å². The fraction of sp³-hybridized carbons (Fsp3) is 0.583. The summed E-state index contributed by atoms with van der Waals surface area (Å²) in [6.45, 7) is 4.76. The van der Waals surface area contributed by atoms with Crippen molar-refractivity contribution in [2.45, 2.75) is 32.4 Å². The molecule has 90 valence electrons. The van der Waals surface area contributed by atoms with Gasteiger partial charge in [0.05, 0.1) is 17.7 Å². The van der Waals surface area contributed by atoms with Gasteiger partial charge in [-0.25, -0.2) is 0 Å². The SMILES string of the molecule is CNC(COC(C)C)Cc1ccncc1Cl. The molecule has 1 unspecified atom stereocenters. The molecule has 1 aromatic rings. The van der Waals surface area contributed by atoms with Crippen molar-refractivity contribution in [3.63, 3.8) is 0 Å². The van der Waals surface area contributed by atoms with Crippen molar-refractivity contribution in [3.05, 3.63) is 29.0 Å². The third-order valence-corrected chi connectivity index (χ3v) is 2.70. The lowest BCUT2D eigenvalue weighted by atomic mass is 10.1. The summed E-state index contributed by atoms with van der Waals surface area (Å²) in [5.74, 6) is 0. The Bertz CT molecular complexity index is 318. The monoisotopic (exact) mass is 242 g/mol. The van der Waals surface area contributed by atoms with E-state index in [1.807, 2.05) is 27.0 Å². The molecule has 0 bridgehead atoms. The van der Waals surface area contributed by atoms with Crippen LogP contribution in [0, 0.1) is 0 Å². The Hall–Kier alpha value is -0.640. The predicted molar refractivity (Wildman–Crippen MR) is 66.9 cm³/mol. The smallest absolute Gasteiger partial charge is 0.0626 e. The van der Waals surface area contributed by atoms with Crippen molar-refractivity contribution in [2.75, 3.05) is 13.7 Å².